The van der Waals surface area contributed by atoms with Crippen molar-refractivity contribution in [1.82, 2.24) is 0 Å². The van der Waals surface area contributed by atoms with Crippen molar-refractivity contribution < 1.29 is 26.3 Å². The van der Waals surface area contributed by atoms with Gasteiger partial charge < -0.3 is 4.74 Å². The summed E-state index contributed by atoms with van der Waals surface area (Å²) in [6, 6.07) is 4.46. The Morgan fingerprint density at radius 1 is 1.14 bits per heavy atom. The molecule has 0 spiro atoms. The molecular formula is C19H15F3N2O3S. The molecule has 0 saturated carbocycles. The van der Waals surface area contributed by atoms with E-state index in [1.165, 1.54) is 12.1 Å². The van der Waals surface area contributed by atoms with Crippen LogP contribution in [0, 0.1) is 42.9 Å². The number of hydrogen-bond donors (Lipinski definition) is 0. The second-order valence-corrected chi connectivity index (χ2v) is 8.01. The largest absolute Gasteiger partial charge is 0.417 e. The number of rotatable bonds is 1. The maximum atomic E-state index is 13.1. The molecule has 5 nitrogen and oxygen atoms in total. The van der Waals surface area contributed by atoms with Gasteiger partial charge in [-0.2, -0.15) is 18.4 Å². The first-order valence-corrected chi connectivity index (χ1v) is 9.37. The van der Waals surface area contributed by atoms with Gasteiger partial charge in [0.1, 0.15) is 5.25 Å². The van der Waals surface area contributed by atoms with Crippen LogP contribution >= 0.6 is 0 Å². The Kier molecular flexibility index (Phi) is 5.80. The van der Waals surface area contributed by atoms with E-state index < -0.39 is 38.7 Å². The van der Waals surface area contributed by atoms with E-state index in [0.29, 0.717) is 0 Å². The second kappa shape index (κ2) is 7.59. The van der Waals surface area contributed by atoms with Gasteiger partial charge in [0.25, 0.3) is 0 Å². The van der Waals surface area contributed by atoms with Gasteiger partial charge in [0.05, 0.1) is 35.1 Å². The number of anilines is 1. The summed E-state index contributed by atoms with van der Waals surface area (Å²) in [6.45, 7) is 0.0711. The van der Waals surface area contributed by atoms with Crippen LogP contribution in [0.5, 0.6) is 0 Å². The summed E-state index contributed by atoms with van der Waals surface area (Å²) in [6.07, 6.45) is 13.9. The topological polar surface area (TPSA) is 70.4 Å². The molecule has 9 heteroatoms. The molecule has 0 N–H and O–H groups in total. The molecule has 0 radical (unpaired) electrons. The normalized spacial score (nSPS) is 28.3. The van der Waals surface area contributed by atoms with Crippen LogP contribution < -0.4 is 4.31 Å². The number of alkyl halides is 3. The highest BCUT2D eigenvalue weighted by atomic mass is 32.2. The molecule has 3 heterocycles. The van der Waals surface area contributed by atoms with Crippen LogP contribution in [0.4, 0.5) is 18.9 Å². The number of sulfonamides is 1. The molecule has 1 aromatic carbocycles. The van der Waals surface area contributed by atoms with Gasteiger partial charge in [-0.15, -0.1) is 25.7 Å². The van der Waals surface area contributed by atoms with Crippen molar-refractivity contribution >= 4 is 15.7 Å². The number of hydrogen-bond acceptors (Lipinski definition) is 4. The first-order chi connectivity index (χ1) is 13.2. The fourth-order valence-electron chi connectivity index (χ4n) is 3.66. The van der Waals surface area contributed by atoms with Crippen molar-refractivity contribution in [2.45, 2.75) is 23.6 Å². The Labute approximate surface area is 161 Å². The van der Waals surface area contributed by atoms with E-state index in [0.717, 1.165) is 16.4 Å². The molecule has 0 aromatic heterocycles. The third kappa shape index (κ3) is 3.22. The second-order valence-electron chi connectivity index (χ2n) is 5.99. The maximum Gasteiger partial charge on any atom is 0.417 e. The molecule has 4 atom stereocenters. The van der Waals surface area contributed by atoms with E-state index in [1.807, 2.05) is 0 Å². The molecule has 28 heavy (non-hydrogen) atoms. The predicted molar refractivity (Wildman–Crippen MR) is 97.3 cm³/mol. The van der Waals surface area contributed by atoms with Crippen molar-refractivity contribution in [3.05, 3.63) is 41.5 Å². The van der Waals surface area contributed by atoms with E-state index in [2.05, 4.69) is 25.7 Å². The standard InChI is InChI=1S/C15H11F3N2O3S.2C2H2/c16-15(17,18)11-5-9(2-1-8(11)6-19)20-7-10-12-3-4-13(23-12)14(10)24(20,21)22;2*1-2/h1-5,10,12-14H,7H2;2*1-2H/t10?,12-,13+,14?;;/m1../s1. The summed E-state index contributed by atoms with van der Waals surface area (Å²) in [7, 11) is -3.82. The average molecular weight is 408 g/mol. The Hall–Kier alpha value is -2.93. The summed E-state index contributed by atoms with van der Waals surface area (Å²) in [5.41, 5.74) is -1.74. The monoisotopic (exact) mass is 408 g/mol. The van der Waals surface area contributed by atoms with Gasteiger partial charge in [-0.25, -0.2) is 8.42 Å². The Morgan fingerprint density at radius 3 is 2.29 bits per heavy atom. The number of nitriles is 1. The first-order valence-electron chi connectivity index (χ1n) is 7.87. The van der Waals surface area contributed by atoms with Gasteiger partial charge in [-0.05, 0) is 18.2 Å². The zero-order chi connectivity index (χ0) is 21.3. The zero-order valence-electron chi connectivity index (χ0n) is 14.4. The molecule has 3 aliphatic heterocycles. The van der Waals surface area contributed by atoms with Crippen LogP contribution in [0.25, 0.3) is 0 Å². The molecule has 2 saturated heterocycles. The van der Waals surface area contributed by atoms with Crippen molar-refractivity contribution in [3.63, 3.8) is 0 Å². The van der Waals surface area contributed by atoms with Gasteiger partial charge in [0.15, 0.2) is 0 Å². The van der Waals surface area contributed by atoms with Gasteiger partial charge >= 0.3 is 6.18 Å². The number of ether oxygens (including phenoxy) is 1. The molecule has 1 aromatic rings. The lowest BCUT2D eigenvalue weighted by Crippen LogP contribution is -2.35. The van der Waals surface area contributed by atoms with Gasteiger partial charge in [0, 0.05) is 12.5 Å². The third-order valence-corrected chi connectivity index (χ3v) is 7.00. The summed E-state index contributed by atoms with van der Waals surface area (Å²) < 4.78 is 71.4. The lowest BCUT2D eigenvalue weighted by atomic mass is 9.94. The highest BCUT2D eigenvalue weighted by Crippen LogP contribution is 2.46. The van der Waals surface area contributed by atoms with Crippen LogP contribution in [0.2, 0.25) is 0 Å². The van der Waals surface area contributed by atoms with Gasteiger partial charge in [-0.3, -0.25) is 4.31 Å². The quantitative estimate of drug-likeness (QED) is 0.529. The minimum absolute atomic E-state index is 0.0711. The van der Waals surface area contributed by atoms with Crippen molar-refractivity contribution in [3.8, 4) is 31.8 Å². The molecule has 0 amide bonds. The Morgan fingerprint density at radius 2 is 1.75 bits per heavy atom. The van der Waals surface area contributed by atoms with Crippen molar-refractivity contribution in [2.24, 2.45) is 5.92 Å². The number of fused-ring (bicyclic) bond motifs is 5. The Bertz CT molecular complexity index is 968. The first kappa shape index (κ1) is 21.4. The highest BCUT2D eigenvalue weighted by molar-refractivity contribution is 7.93. The lowest BCUT2D eigenvalue weighted by molar-refractivity contribution is -0.137. The van der Waals surface area contributed by atoms with Gasteiger partial charge in [-0.1, -0.05) is 12.2 Å². The van der Waals surface area contributed by atoms with Crippen LogP contribution in [0.3, 0.4) is 0 Å². The number of terminal acetylenes is 2. The zero-order valence-corrected chi connectivity index (χ0v) is 15.2. The molecule has 4 rings (SSSR count). The molecule has 2 unspecified atom stereocenters. The van der Waals surface area contributed by atoms with E-state index >= 15 is 0 Å². The highest BCUT2D eigenvalue weighted by Gasteiger charge is 2.59. The van der Waals surface area contributed by atoms with E-state index in [1.54, 1.807) is 12.2 Å². The minimum atomic E-state index is -4.73. The van der Waals surface area contributed by atoms with Crippen LogP contribution in [-0.2, 0) is 20.9 Å². The van der Waals surface area contributed by atoms with Crippen molar-refractivity contribution in [2.75, 3.05) is 10.8 Å². The molecule has 0 aliphatic carbocycles. The fraction of sp³-hybridized carbons (Fsp3) is 0.316. The Balaban J connectivity index is 0.000000660. The molecule has 2 fully saturated rings. The predicted octanol–water partition coefficient (Wildman–Crippen LogP) is 2.55. The maximum absolute atomic E-state index is 13.1. The number of benzene rings is 1. The molecular weight excluding hydrogens is 393 g/mol. The smallest absolute Gasteiger partial charge is 0.365 e. The molecule has 2 bridgehead atoms. The third-order valence-electron chi connectivity index (χ3n) is 4.72. The molecule has 146 valence electrons. The van der Waals surface area contributed by atoms with Crippen LogP contribution in [0.15, 0.2) is 30.4 Å². The average Bonchev–Trinajstić information content (AvgIpc) is 3.36. The van der Waals surface area contributed by atoms with Crippen LogP contribution in [0.1, 0.15) is 11.1 Å². The summed E-state index contributed by atoms with van der Waals surface area (Å²) in [4.78, 5) is 0. The minimum Gasteiger partial charge on any atom is -0.365 e. The van der Waals surface area contributed by atoms with E-state index in [9.17, 15) is 21.6 Å². The van der Waals surface area contributed by atoms with Crippen molar-refractivity contribution in [1.29, 1.82) is 5.26 Å². The molecule has 3 aliphatic rings. The SMILES string of the molecule is C#C.C#C.N#Cc1ccc(N2CC3C([C@@H]4C=C[C@H]3O4)S2(=O)=O)cc1C(F)(F)F. The summed E-state index contributed by atoms with van der Waals surface area (Å²) in [5.74, 6) is -0.296. The van der Waals surface area contributed by atoms with E-state index in [-0.39, 0.29) is 24.3 Å². The summed E-state index contributed by atoms with van der Waals surface area (Å²) >= 11 is 0. The van der Waals surface area contributed by atoms with Gasteiger partial charge in [0.2, 0.25) is 10.0 Å². The number of nitrogens with zero attached hydrogens (tertiary/aromatic N) is 2. The number of halogens is 3. The lowest BCUT2D eigenvalue weighted by Gasteiger charge is -2.22. The summed E-state index contributed by atoms with van der Waals surface area (Å²) in [5, 5.41) is 8.08. The van der Waals surface area contributed by atoms with Crippen LogP contribution in [-0.4, -0.2) is 32.4 Å². The van der Waals surface area contributed by atoms with E-state index in [4.69, 9.17) is 10.00 Å². The fourth-order valence-corrected chi connectivity index (χ4v) is 5.92.